The van der Waals surface area contributed by atoms with Crippen molar-refractivity contribution in [3.05, 3.63) is 40.9 Å². The average Bonchev–Trinajstić information content (AvgIpc) is 2.29. The van der Waals surface area contributed by atoms with E-state index in [1.165, 1.54) is 34.3 Å². The number of halogens is 1. The van der Waals surface area contributed by atoms with Crippen LogP contribution in [0.5, 0.6) is 0 Å². The molecule has 0 radical (unpaired) electrons. The normalized spacial score (nSPS) is 10.9. The smallest absolute Gasteiger partial charge is 0.0181 e. The largest absolute Gasteiger partial charge is 0.126 e. The minimum atomic E-state index is 1.14. The summed E-state index contributed by atoms with van der Waals surface area (Å²) >= 11 is 5.45. The van der Waals surface area contributed by atoms with Gasteiger partial charge in [0.15, 0.2) is 0 Å². The number of thioether (sulfide) groups is 1. The van der Waals surface area contributed by atoms with E-state index in [0.29, 0.717) is 0 Å². The zero-order valence-electron chi connectivity index (χ0n) is 9.37. The van der Waals surface area contributed by atoms with Gasteiger partial charge in [-0.2, -0.15) is 0 Å². The average molecular weight is 295 g/mol. The lowest BCUT2D eigenvalue weighted by Crippen LogP contribution is -1.79. The number of hydrogen-bond donors (Lipinski definition) is 0. The van der Waals surface area contributed by atoms with Crippen molar-refractivity contribution in [2.24, 2.45) is 0 Å². The monoisotopic (exact) mass is 294 g/mol. The summed E-state index contributed by atoms with van der Waals surface area (Å²) in [5.41, 5.74) is 0. The second kappa shape index (κ2) is 5.74. The first-order chi connectivity index (χ1) is 7.79. The van der Waals surface area contributed by atoms with Crippen molar-refractivity contribution in [3.8, 4) is 0 Å². The third-order valence-corrected chi connectivity index (χ3v) is 4.11. The molecule has 0 saturated heterocycles. The van der Waals surface area contributed by atoms with Gasteiger partial charge < -0.3 is 0 Å². The molecule has 0 aliphatic carbocycles. The molecule has 0 N–H and O–H groups in total. The Morgan fingerprint density at radius 1 is 1.06 bits per heavy atom. The van der Waals surface area contributed by atoms with Crippen LogP contribution in [-0.2, 0) is 0 Å². The molecule has 0 spiro atoms. The van der Waals surface area contributed by atoms with E-state index in [9.17, 15) is 0 Å². The van der Waals surface area contributed by atoms with Crippen LogP contribution in [0.2, 0.25) is 0 Å². The van der Waals surface area contributed by atoms with Gasteiger partial charge in [-0.05, 0) is 47.2 Å². The molecule has 2 aromatic carbocycles. The SMILES string of the molecule is CCCCSc1ccc2cc(Br)ccc2c1. The van der Waals surface area contributed by atoms with Gasteiger partial charge in [-0.1, -0.05) is 41.4 Å². The molecule has 0 amide bonds. The zero-order chi connectivity index (χ0) is 11.4. The van der Waals surface area contributed by atoms with Gasteiger partial charge in [0.1, 0.15) is 0 Å². The fraction of sp³-hybridized carbons (Fsp3) is 0.286. The molecule has 16 heavy (non-hydrogen) atoms. The van der Waals surface area contributed by atoms with Gasteiger partial charge in [-0.3, -0.25) is 0 Å². The third-order valence-electron chi connectivity index (χ3n) is 2.54. The quantitative estimate of drug-likeness (QED) is 0.530. The first-order valence-corrected chi connectivity index (χ1v) is 7.39. The topological polar surface area (TPSA) is 0 Å². The van der Waals surface area contributed by atoms with Gasteiger partial charge >= 0.3 is 0 Å². The summed E-state index contributed by atoms with van der Waals surface area (Å²) in [6.07, 6.45) is 2.57. The predicted octanol–water partition coefficient (Wildman–Crippen LogP) is 5.49. The first-order valence-electron chi connectivity index (χ1n) is 5.61. The maximum atomic E-state index is 3.50. The summed E-state index contributed by atoms with van der Waals surface area (Å²) in [5, 5.41) is 2.62. The second-order valence-corrected chi connectivity index (χ2v) is 5.94. The van der Waals surface area contributed by atoms with Crippen LogP contribution in [0.3, 0.4) is 0 Å². The fourth-order valence-electron chi connectivity index (χ4n) is 1.62. The van der Waals surface area contributed by atoms with E-state index in [-0.39, 0.29) is 0 Å². The Morgan fingerprint density at radius 2 is 1.81 bits per heavy atom. The molecule has 0 bridgehead atoms. The van der Waals surface area contributed by atoms with E-state index in [2.05, 4.69) is 59.3 Å². The van der Waals surface area contributed by atoms with Crippen molar-refractivity contribution in [1.82, 2.24) is 0 Å². The zero-order valence-corrected chi connectivity index (χ0v) is 11.8. The lowest BCUT2D eigenvalue weighted by atomic mass is 10.1. The molecule has 0 unspecified atom stereocenters. The molecule has 0 saturated carbocycles. The molecule has 0 nitrogen and oxygen atoms in total. The molecule has 2 heteroatoms. The predicted molar refractivity (Wildman–Crippen MR) is 77.3 cm³/mol. The number of fused-ring (bicyclic) bond motifs is 1. The minimum absolute atomic E-state index is 1.14. The molecule has 0 heterocycles. The van der Waals surface area contributed by atoms with Crippen molar-refractivity contribution in [2.75, 3.05) is 5.75 Å². The van der Waals surface area contributed by atoms with Crippen LogP contribution in [0.25, 0.3) is 10.8 Å². The summed E-state index contributed by atoms with van der Waals surface area (Å²) in [4.78, 5) is 1.38. The highest BCUT2D eigenvalue weighted by molar-refractivity contribution is 9.10. The highest BCUT2D eigenvalue weighted by Crippen LogP contribution is 2.26. The lowest BCUT2D eigenvalue weighted by molar-refractivity contribution is 0.896. The van der Waals surface area contributed by atoms with Crippen molar-refractivity contribution in [2.45, 2.75) is 24.7 Å². The Balaban J connectivity index is 2.20. The van der Waals surface area contributed by atoms with Gasteiger partial charge in [0, 0.05) is 9.37 Å². The van der Waals surface area contributed by atoms with Crippen molar-refractivity contribution in [1.29, 1.82) is 0 Å². The Morgan fingerprint density at radius 3 is 2.62 bits per heavy atom. The van der Waals surface area contributed by atoms with Crippen LogP contribution in [0, 0.1) is 0 Å². The first kappa shape index (κ1) is 12.0. The molecule has 0 aromatic heterocycles. The van der Waals surface area contributed by atoms with Crippen molar-refractivity contribution >= 4 is 38.5 Å². The second-order valence-electron chi connectivity index (χ2n) is 3.86. The van der Waals surface area contributed by atoms with Crippen LogP contribution in [-0.4, -0.2) is 5.75 Å². The van der Waals surface area contributed by atoms with Crippen LogP contribution in [0.1, 0.15) is 19.8 Å². The lowest BCUT2D eigenvalue weighted by Gasteiger charge is -2.03. The Bertz CT molecular complexity index is 479. The highest BCUT2D eigenvalue weighted by Gasteiger charge is 1.98. The molecular weight excluding hydrogens is 280 g/mol. The Hall–Kier alpha value is -0.470. The van der Waals surface area contributed by atoms with Crippen LogP contribution in [0.15, 0.2) is 45.8 Å². The molecule has 84 valence electrons. The number of hydrogen-bond acceptors (Lipinski definition) is 1. The summed E-state index contributed by atoms with van der Waals surface area (Å²) in [6.45, 7) is 2.23. The molecule has 2 rings (SSSR count). The van der Waals surface area contributed by atoms with Gasteiger partial charge in [-0.25, -0.2) is 0 Å². The summed E-state index contributed by atoms with van der Waals surface area (Å²) < 4.78 is 1.14. The highest BCUT2D eigenvalue weighted by atomic mass is 79.9. The molecule has 0 atom stereocenters. The Labute approximate surface area is 110 Å². The van der Waals surface area contributed by atoms with Gasteiger partial charge in [0.2, 0.25) is 0 Å². The van der Waals surface area contributed by atoms with E-state index in [4.69, 9.17) is 0 Å². The maximum Gasteiger partial charge on any atom is 0.0181 e. The van der Waals surface area contributed by atoms with E-state index < -0.39 is 0 Å². The Kier molecular flexibility index (Phi) is 4.30. The van der Waals surface area contributed by atoms with Crippen LogP contribution >= 0.6 is 27.7 Å². The molecular formula is C14H15BrS. The van der Waals surface area contributed by atoms with Crippen molar-refractivity contribution in [3.63, 3.8) is 0 Å². The minimum Gasteiger partial charge on any atom is -0.126 e. The molecule has 0 aliphatic rings. The molecule has 2 aromatic rings. The number of rotatable bonds is 4. The van der Waals surface area contributed by atoms with E-state index in [0.717, 1.165) is 4.47 Å². The third kappa shape index (κ3) is 3.02. The summed E-state index contributed by atoms with van der Waals surface area (Å²) in [7, 11) is 0. The number of benzene rings is 2. The van der Waals surface area contributed by atoms with E-state index in [1.807, 2.05) is 11.8 Å². The maximum absolute atomic E-state index is 3.50. The van der Waals surface area contributed by atoms with Crippen LogP contribution < -0.4 is 0 Å². The van der Waals surface area contributed by atoms with Crippen LogP contribution in [0.4, 0.5) is 0 Å². The molecule has 0 aliphatic heterocycles. The fourth-order valence-corrected chi connectivity index (χ4v) is 3.04. The number of unbranched alkanes of at least 4 members (excludes halogenated alkanes) is 1. The van der Waals surface area contributed by atoms with Gasteiger partial charge in [0.05, 0.1) is 0 Å². The van der Waals surface area contributed by atoms with Crippen molar-refractivity contribution < 1.29 is 0 Å². The van der Waals surface area contributed by atoms with Gasteiger partial charge in [-0.15, -0.1) is 11.8 Å². The van der Waals surface area contributed by atoms with Gasteiger partial charge in [0.25, 0.3) is 0 Å². The summed E-state index contributed by atoms with van der Waals surface area (Å²) in [5.74, 6) is 1.22. The standard InChI is InChI=1S/C14H15BrS/c1-2-3-8-16-14-7-5-11-9-13(15)6-4-12(11)10-14/h4-7,9-10H,2-3,8H2,1H3. The molecule has 0 fully saturated rings. The summed E-state index contributed by atoms with van der Waals surface area (Å²) in [6, 6.07) is 13.1. The van der Waals surface area contributed by atoms with E-state index in [1.54, 1.807) is 0 Å². The van der Waals surface area contributed by atoms with E-state index >= 15 is 0 Å².